The van der Waals surface area contributed by atoms with Gasteiger partial charge in [0.15, 0.2) is 0 Å². The molecule has 0 bridgehead atoms. The first-order valence-electron chi connectivity index (χ1n) is 7.01. The standard InChI is InChI=1S/C16H20N2O/c1-12-2-7-16(17-10-12)13-3-5-14(6-4-13)18-9-8-15(19)11-18/h2,7-11,13-14,19H,3-6H2,1H3. The lowest BCUT2D eigenvalue weighted by Gasteiger charge is -2.29. The Morgan fingerprint density at radius 3 is 2.53 bits per heavy atom. The molecule has 1 saturated carbocycles. The van der Waals surface area contributed by atoms with Crippen molar-refractivity contribution in [3.05, 3.63) is 48.0 Å². The average Bonchev–Trinajstić information content (AvgIpc) is 2.87. The van der Waals surface area contributed by atoms with Crippen molar-refractivity contribution in [2.75, 3.05) is 0 Å². The van der Waals surface area contributed by atoms with Gasteiger partial charge in [0.1, 0.15) is 5.75 Å². The number of aromatic nitrogens is 2. The summed E-state index contributed by atoms with van der Waals surface area (Å²) in [4.78, 5) is 4.56. The van der Waals surface area contributed by atoms with Crippen molar-refractivity contribution in [3.63, 3.8) is 0 Å². The number of nitrogens with zero attached hydrogens (tertiary/aromatic N) is 2. The zero-order chi connectivity index (χ0) is 13.2. The van der Waals surface area contributed by atoms with E-state index in [9.17, 15) is 5.11 Å². The highest BCUT2D eigenvalue weighted by atomic mass is 16.3. The molecule has 3 heteroatoms. The molecule has 0 unspecified atom stereocenters. The number of hydrogen-bond donors (Lipinski definition) is 1. The van der Waals surface area contributed by atoms with E-state index in [-0.39, 0.29) is 0 Å². The van der Waals surface area contributed by atoms with Crippen molar-refractivity contribution in [1.29, 1.82) is 0 Å². The first-order valence-corrected chi connectivity index (χ1v) is 7.01. The third-order valence-corrected chi connectivity index (χ3v) is 4.17. The molecule has 3 nitrogen and oxygen atoms in total. The van der Waals surface area contributed by atoms with Crippen molar-refractivity contribution in [1.82, 2.24) is 9.55 Å². The Balaban J connectivity index is 1.64. The van der Waals surface area contributed by atoms with Crippen LogP contribution < -0.4 is 0 Å². The lowest BCUT2D eigenvalue weighted by atomic mass is 9.83. The first-order chi connectivity index (χ1) is 9.22. The number of aromatic hydroxyl groups is 1. The molecule has 2 heterocycles. The second-order valence-corrected chi connectivity index (χ2v) is 5.58. The highest BCUT2D eigenvalue weighted by Crippen LogP contribution is 2.37. The van der Waals surface area contributed by atoms with Crippen molar-refractivity contribution < 1.29 is 5.11 Å². The van der Waals surface area contributed by atoms with Crippen LogP contribution in [-0.4, -0.2) is 14.7 Å². The minimum absolute atomic E-state index is 0.363. The molecule has 19 heavy (non-hydrogen) atoms. The van der Waals surface area contributed by atoms with E-state index in [1.807, 2.05) is 18.6 Å². The second-order valence-electron chi connectivity index (χ2n) is 5.58. The minimum atomic E-state index is 0.363. The molecule has 0 aromatic carbocycles. The zero-order valence-electron chi connectivity index (χ0n) is 11.3. The molecule has 0 atom stereocenters. The molecule has 1 fully saturated rings. The number of aryl methyl sites for hydroxylation is 1. The fourth-order valence-electron chi connectivity index (χ4n) is 3.02. The Hall–Kier alpha value is -1.77. The van der Waals surface area contributed by atoms with E-state index in [0.29, 0.717) is 17.7 Å². The topological polar surface area (TPSA) is 38.0 Å². The molecule has 3 rings (SSSR count). The third-order valence-electron chi connectivity index (χ3n) is 4.17. The second kappa shape index (κ2) is 5.08. The van der Waals surface area contributed by atoms with Gasteiger partial charge < -0.3 is 9.67 Å². The molecule has 0 amide bonds. The monoisotopic (exact) mass is 256 g/mol. The van der Waals surface area contributed by atoms with E-state index >= 15 is 0 Å². The predicted octanol–water partition coefficient (Wildman–Crippen LogP) is 3.80. The predicted molar refractivity (Wildman–Crippen MR) is 75.3 cm³/mol. The molecule has 0 aliphatic heterocycles. The number of pyridine rings is 1. The van der Waals surface area contributed by atoms with Gasteiger partial charge in [-0.05, 0) is 50.3 Å². The summed E-state index contributed by atoms with van der Waals surface area (Å²) in [6, 6.07) is 6.61. The Labute approximate surface area is 113 Å². The van der Waals surface area contributed by atoms with Crippen molar-refractivity contribution in [3.8, 4) is 5.75 Å². The lowest BCUT2D eigenvalue weighted by Crippen LogP contribution is -2.16. The quantitative estimate of drug-likeness (QED) is 0.887. The van der Waals surface area contributed by atoms with Gasteiger partial charge in [-0.25, -0.2) is 0 Å². The molecule has 2 aromatic rings. The molecule has 1 aliphatic rings. The van der Waals surface area contributed by atoms with Gasteiger partial charge in [-0.1, -0.05) is 6.07 Å². The fourth-order valence-corrected chi connectivity index (χ4v) is 3.02. The average molecular weight is 256 g/mol. The molecule has 0 radical (unpaired) electrons. The molecule has 1 aliphatic carbocycles. The fraction of sp³-hybridized carbons (Fsp3) is 0.438. The van der Waals surface area contributed by atoms with Gasteiger partial charge in [-0.2, -0.15) is 0 Å². The van der Waals surface area contributed by atoms with Crippen molar-refractivity contribution in [2.45, 2.75) is 44.6 Å². The van der Waals surface area contributed by atoms with E-state index in [2.05, 4.69) is 28.6 Å². The Kier molecular flexibility index (Phi) is 3.28. The van der Waals surface area contributed by atoms with Gasteiger partial charge in [0, 0.05) is 36.2 Å². The van der Waals surface area contributed by atoms with Crippen LogP contribution in [0, 0.1) is 6.92 Å². The van der Waals surface area contributed by atoms with Crippen molar-refractivity contribution >= 4 is 0 Å². The Bertz CT molecular complexity index is 536. The first kappa shape index (κ1) is 12.3. The van der Waals surface area contributed by atoms with Gasteiger partial charge in [-0.3, -0.25) is 4.98 Å². The Morgan fingerprint density at radius 2 is 1.95 bits per heavy atom. The van der Waals surface area contributed by atoms with Crippen LogP contribution in [0.2, 0.25) is 0 Å². The molecule has 100 valence electrons. The summed E-state index contributed by atoms with van der Waals surface area (Å²) in [5.41, 5.74) is 2.46. The van der Waals surface area contributed by atoms with Crippen LogP contribution in [0.4, 0.5) is 0 Å². The van der Waals surface area contributed by atoms with Gasteiger partial charge in [0.2, 0.25) is 0 Å². The minimum Gasteiger partial charge on any atom is -0.506 e. The van der Waals surface area contributed by atoms with E-state index in [1.165, 1.54) is 24.1 Å². The number of hydrogen-bond acceptors (Lipinski definition) is 2. The lowest BCUT2D eigenvalue weighted by molar-refractivity contribution is 0.319. The van der Waals surface area contributed by atoms with Crippen LogP contribution in [0.1, 0.15) is 48.9 Å². The van der Waals surface area contributed by atoms with Gasteiger partial charge >= 0.3 is 0 Å². The van der Waals surface area contributed by atoms with E-state index in [1.54, 1.807) is 6.07 Å². The van der Waals surface area contributed by atoms with Gasteiger partial charge in [0.25, 0.3) is 0 Å². The highest BCUT2D eigenvalue weighted by Gasteiger charge is 2.23. The summed E-state index contributed by atoms with van der Waals surface area (Å²) in [6.45, 7) is 2.08. The molecule has 0 spiro atoms. The molecule has 0 saturated heterocycles. The summed E-state index contributed by atoms with van der Waals surface area (Å²) in [5, 5.41) is 9.41. The van der Waals surface area contributed by atoms with Crippen LogP contribution in [0.15, 0.2) is 36.8 Å². The van der Waals surface area contributed by atoms with Gasteiger partial charge in [0.05, 0.1) is 0 Å². The van der Waals surface area contributed by atoms with Crippen LogP contribution in [0.25, 0.3) is 0 Å². The van der Waals surface area contributed by atoms with Crippen LogP contribution in [-0.2, 0) is 0 Å². The van der Waals surface area contributed by atoms with Crippen molar-refractivity contribution in [2.24, 2.45) is 0 Å². The maximum Gasteiger partial charge on any atom is 0.133 e. The molecule has 1 N–H and O–H groups in total. The Morgan fingerprint density at radius 1 is 1.16 bits per heavy atom. The van der Waals surface area contributed by atoms with Crippen LogP contribution in [0.5, 0.6) is 5.75 Å². The van der Waals surface area contributed by atoms with Gasteiger partial charge in [-0.15, -0.1) is 0 Å². The largest absolute Gasteiger partial charge is 0.506 e. The maximum absolute atomic E-state index is 9.41. The summed E-state index contributed by atoms with van der Waals surface area (Å²) in [6.07, 6.45) is 10.5. The molecule has 2 aromatic heterocycles. The normalized spacial score (nSPS) is 23.4. The maximum atomic E-state index is 9.41. The molecular weight excluding hydrogens is 236 g/mol. The van der Waals surface area contributed by atoms with Crippen LogP contribution >= 0.6 is 0 Å². The molecular formula is C16H20N2O. The zero-order valence-corrected chi connectivity index (χ0v) is 11.3. The SMILES string of the molecule is Cc1ccc(C2CCC(n3ccc(O)c3)CC2)nc1. The third kappa shape index (κ3) is 2.65. The van der Waals surface area contributed by atoms with E-state index < -0.39 is 0 Å². The highest BCUT2D eigenvalue weighted by molar-refractivity contribution is 5.18. The number of rotatable bonds is 2. The summed E-state index contributed by atoms with van der Waals surface area (Å²) in [7, 11) is 0. The van der Waals surface area contributed by atoms with E-state index in [0.717, 1.165) is 12.8 Å². The summed E-state index contributed by atoms with van der Waals surface area (Å²) >= 11 is 0. The van der Waals surface area contributed by atoms with Crippen LogP contribution in [0.3, 0.4) is 0 Å². The summed E-state index contributed by atoms with van der Waals surface area (Å²) in [5.74, 6) is 0.961. The van der Waals surface area contributed by atoms with E-state index in [4.69, 9.17) is 0 Å². The smallest absolute Gasteiger partial charge is 0.133 e. The summed E-state index contributed by atoms with van der Waals surface area (Å²) < 4.78 is 2.15.